The minimum Gasteiger partial charge on any atom is -0.372 e. The molecule has 0 aromatic carbocycles. The number of morpholine rings is 1. The SMILES string of the molecule is CC1(C)CC2(CNC(=O)CO2)CO1. The topological polar surface area (TPSA) is 47.6 Å². The van der Waals surface area contributed by atoms with Crippen LogP contribution in [-0.4, -0.2) is 36.9 Å². The van der Waals surface area contributed by atoms with Crippen molar-refractivity contribution in [3.05, 3.63) is 0 Å². The molecule has 0 aliphatic carbocycles. The van der Waals surface area contributed by atoms with E-state index in [2.05, 4.69) is 5.32 Å². The zero-order valence-electron chi connectivity index (χ0n) is 8.05. The van der Waals surface area contributed by atoms with Crippen molar-refractivity contribution in [2.75, 3.05) is 19.8 Å². The molecule has 74 valence electrons. The maximum atomic E-state index is 10.9. The second kappa shape index (κ2) is 2.69. The summed E-state index contributed by atoms with van der Waals surface area (Å²) in [4.78, 5) is 10.9. The van der Waals surface area contributed by atoms with Crippen LogP contribution in [0.3, 0.4) is 0 Å². The first-order chi connectivity index (χ1) is 6.02. The van der Waals surface area contributed by atoms with Gasteiger partial charge in [-0.2, -0.15) is 0 Å². The van der Waals surface area contributed by atoms with Crippen LogP contribution >= 0.6 is 0 Å². The largest absolute Gasteiger partial charge is 0.372 e. The van der Waals surface area contributed by atoms with Crippen LogP contribution in [0.4, 0.5) is 0 Å². The third kappa shape index (κ3) is 1.69. The summed E-state index contributed by atoms with van der Waals surface area (Å²) < 4.78 is 11.1. The van der Waals surface area contributed by atoms with Gasteiger partial charge < -0.3 is 14.8 Å². The van der Waals surface area contributed by atoms with Crippen molar-refractivity contribution in [3.63, 3.8) is 0 Å². The molecule has 2 fully saturated rings. The molecule has 1 atom stereocenters. The van der Waals surface area contributed by atoms with Crippen molar-refractivity contribution >= 4 is 5.91 Å². The van der Waals surface area contributed by atoms with Gasteiger partial charge in [0.25, 0.3) is 0 Å². The number of hydrogen-bond acceptors (Lipinski definition) is 3. The number of carbonyl (C=O) groups excluding carboxylic acids is 1. The summed E-state index contributed by atoms with van der Waals surface area (Å²) in [7, 11) is 0. The highest BCUT2D eigenvalue weighted by atomic mass is 16.6. The molecule has 2 aliphatic rings. The van der Waals surface area contributed by atoms with Crippen LogP contribution in [0, 0.1) is 0 Å². The van der Waals surface area contributed by atoms with Crippen molar-refractivity contribution in [1.82, 2.24) is 5.32 Å². The van der Waals surface area contributed by atoms with E-state index in [1.54, 1.807) is 0 Å². The Kier molecular flexibility index (Phi) is 1.85. The molecule has 4 heteroatoms. The Labute approximate surface area is 77.6 Å². The van der Waals surface area contributed by atoms with Crippen LogP contribution in [0.1, 0.15) is 20.3 Å². The Bertz CT molecular complexity index is 227. The molecular weight excluding hydrogens is 170 g/mol. The molecule has 1 spiro atoms. The molecule has 0 aromatic heterocycles. The fourth-order valence-corrected chi connectivity index (χ4v) is 1.99. The average Bonchev–Trinajstić information content (AvgIpc) is 2.35. The molecule has 1 amide bonds. The first kappa shape index (κ1) is 8.97. The molecule has 0 saturated carbocycles. The highest BCUT2D eigenvalue weighted by Gasteiger charge is 2.47. The van der Waals surface area contributed by atoms with E-state index in [9.17, 15) is 4.79 Å². The van der Waals surface area contributed by atoms with Crippen LogP contribution in [-0.2, 0) is 14.3 Å². The van der Waals surface area contributed by atoms with E-state index >= 15 is 0 Å². The molecule has 2 aliphatic heterocycles. The molecule has 2 saturated heterocycles. The summed E-state index contributed by atoms with van der Waals surface area (Å²) in [6, 6.07) is 0. The molecular formula is C9H15NO3. The smallest absolute Gasteiger partial charge is 0.246 e. The number of ether oxygens (including phenoxy) is 2. The molecule has 1 N–H and O–H groups in total. The minimum absolute atomic E-state index is 0.0321. The van der Waals surface area contributed by atoms with Crippen LogP contribution < -0.4 is 5.32 Å². The van der Waals surface area contributed by atoms with Gasteiger partial charge in [0, 0.05) is 13.0 Å². The standard InChI is InChI=1S/C9H15NO3/c1-8(2)4-9(6-13-8)5-10-7(11)3-12-9/h3-6H2,1-2H3,(H,10,11). The highest BCUT2D eigenvalue weighted by Crippen LogP contribution is 2.35. The molecule has 0 bridgehead atoms. The van der Waals surface area contributed by atoms with Crippen molar-refractivity contribution < 1.29 is 14.3 Å². The lowest BCUT2D eigenvalue weighted by molar-refractivity contribution is -0.143. The lowest BCUT2D eigenvalue weighted by Crippen LogP contribution is -2.53. The van der Waals surface area contributed by atoms with Gasteiger partial charge in [-0.1, -0.05) is 0 Å². The monoisotopic (exact) mass is 185 g/mol. The Morgan fingerprint density at radius 1 is 1.38 bits per heavy atom. The number of rotatable bonds is 0. The minimum atomic E-state index is -0.266. The third-order valence-electron chi connectivity index (χ3n) is 2.59. The normalized spacial score (nSPS) is 37.8. The van der Waals surface area contributed by atoms with Gasteiger partial charge in [0.05, 0.1) is 12.2 Å². The third-order valence-corrected chi connectivity index (χ3v) is 2.59. The van der Waals surface area contributed by atoms with Crippen LogP contribution in [0.2, 0.25) is 0 Å². The predicted octanol–water partition coefficient (Wildman–Crippen LogP) is 0.0705. The first-order valence-electron chi connectivity index (χ1n) is 4.56. The van der Waals surface area contributed by atoms with E-state index < -0.39 is 0 Å². The molecule has 4 nitrogen and oxygen atoms in total. The van der Waals surface area contributed by atoms with Gasteiger partial charge in [0.1, 0.15) is 12.2 Å². The van der Waals surface area contributed by atoms with Crippen molar-refractivity contribution in [2.24, 2.45) is 0 Å². The molecule has 2 heterocycles. The van der Waals surface area contributed by atoms with E-state index in [-0.39, 0.29) is 23.7 Å². The zero-order chi connectivity index (χ0) is 9.53. The van der Waals surface area contributed by atoms with E-state index in [0.717, 1.165) is 6.42 Å². The van der Waals surface area contributed by atoms with Gasteiger partial charge >= 0.3 is 0 Å². The van der Waals surface area contributed by atoms with Gasteiger partial charge in [-0.15, -0.1) is 0 Å². The van der Waals surface area contributed by atoms with Gasteiger partial charge in [-0.25, -0.2) is 0 Å². The average molecular weight is 185 g/mol. The molecule has 0 aromatic rings. The lowest BCUT2D eigenvalue weighted by Gasteiger charge is -2.32. The molecule has 13 heavy (non-hydrogen) atoms. The summed E-state index contributed by atoms with van der Waals surface area (Å²) in [6.07, 6.45) is 0.848. The number of carbonyl (C=O) groups is 1. The van der Waals surface area contributed by atoms with E-state index in [1.807, 2.05) is 13.8 Å². The maximum Gasteiger partial charge on any atom is 0.246 e. The molecule has 1 unspecified atom stereocenters. The Hall–Kier alpha value is -0.610. The number of nitrogens with one attached hydrogen (secondary N) is 1. The fraction of sp³-hybridized carbons (Fsp3) is 0.889. The van der Waals surface area contributed by atoms with E-state index in [0.29, 0.717) is 13.2 Å². The Morgan fingerprint density at radius 3 is 2.62 bits per heavy atom. The molecule has 2 rings (SSSR count). The molecule has 0 radical (unpaired) electrons. The van der Waals surface area contributed by atoms with Gasteiger partial charge in [-0.3, -0.25) is 4.79 Å². The summed E-state index contributed by atoms with van der Waals surface area (Å²) >= 11 is 0. The van der Waals surface area contributed by atoms with Gasteiger partial charge in [-0.05, 0) is 13.8 Å². The predicted molar refractivity (Wildman–Crippen MR) is 46.3 cm³/mol. The van der Waals surface area contributed by atoms with Crippen molar-refractivity contribution in [3.8, 4) is 0 Å². The second-order valence-corrected chi connectivity index (χ2v) is 4.47. The summed E-state index contributed by atoms with van der Waals surface area (Å²) in [5.41, 5.74) is -0.389. The Balaban J connectivity index is 2.04. The maximum absolute atomic E-state index is 10.9. The Morgan fingerprint density at radius 2 is 2.15 bits per heavy atom. The first-order valence-corrected chi connectivity index (χ1v) is 4.56. The fourth-order valence-electron chi connectivity index (χ4n) is 1.99. The highest BCUT2D eigenvalue weighted by molar-refractivity contribution is 5.78. The zero-order valence-corrected chi connectivity index (χ0v) is 8.05. The quantitative estimate of drug-likeness (QED) is 0.581. The summed E-state index contributed by atoms with van der Waals surface area (Å²) in [5, 5.41) is 2.81. The van der Waals surface area contributed by atoms with Crippen LogP contribution in [0.15, 0.2) is 0 Å². The van der Waals surface area contributed by atoms with E-state index in [1.165, 1.54) is 0 Å². The van der Waals surface area contributed by atoms with E-state index in [4.69, 9.17) is 9.47 Å². The summed E-state index contributed by atoms with van der Waals surface area (Å²) in [6.45, 7) is 5.41. The second-order valence-electron chi connectivity index (χ2n) is 4.47. The van der Waals surface area contributed by atoms with Gasteiger partial charge in [0.15, 0.2) is 0 Å². The van der Waals surface area contributed by atoms with Gasteiger partial charge in [0.2, 0.25) is 5.91 Å². The van der Waals surface area contributed by atoms with Crippen molar-refractivity contribution in [2.45, 2.75) is 31.5 Å². The van der Waals surface area contributed by atoms with Crippen LogP contribution in [0.5, 0.6) is 0 Å². The number of hydrogen-bond donors (Lipinski definition) is 1. The summed E-state index contributed by atoms with van der Waals surface area (Å²) in [5.74, 6) is -0.0321. The van der Waals surface area contributed by atoms with Crippen LogP contribution in [0.25, 0.3) is 0 Å². The lowest BCUT2D eigenvalue weighted by atomic mass is 9.92. The number of amides is 1. The van der Waals surface area contributed by atoms with Crippen molar-refractivity contribution in [1.29, 1.82) is 0 Å².